The van der Waals surface area contributed by atoms with Gasteiger partial charge in [0.05, 0.1) is 6.61 Å². The van der Waals surface area contributed by atoms with Gasteiger partial charge in [0.25, 0.3) is 0 Å². The van der Waals surface area contributed by atoms with Gasteiger partial charge in [0, 0.05) is 12.8 Å². The summed E-state index contributed by atoms with van der Waals surface area (Å²) in [4.78, 5) is 0. The Balaban J connectivity index is -0.000000107. The molecule has 0 aromatic heterocycles. The molecule has 176 valence electrons. The number of halogens is 2. The minimum atomic E-state index is -1.22. The van der Waals surface area contributed by atoms with Gasteiger partial charge in [-0.3, -0.25) is 0 Å². The number of unbranched alkanes of at least 4 members (excludes halogenated alkanes) is 5. The van der Waals surface area contributed by atoms with Crippen molar-refractivity contribution in [1.82, 2.24) is 0 Å². The second-order valence-electron chi connectivity index (χ2n) is 6.26. The first-order valence-electron chi connectivity index (χ1n) is 11.1. The van der Waals surface area contributed by atoms with E-state index >= 15 is 0 Å². The van der Waals surface area contributed by atoms with Gasteiger partial charge in [-0.1, -0.05) is 65.9 Å². The van der Waals surface area contributed by atoms with Crippen LogP contribution < -0.4 is 18.9 Å². The van der Waals surface area contributed by atoms with Crippen LogP contribution in [-0.4, -0.2) is 22.9 Å². The zero-order valence-electron chi connectivity index (χ0n) is 20.9. The van der Waals surface area contributed by atoms with Gasteiger partial charge in [-0.05, 0) is 31.8 Å². The topological polar surface area (TPSA) is 40.5 Å². The minimum Gasteiger partial charge on any atom is -0.389 e. The van der Waals surface area contributed by atoms with Crippen LogP contribution in [-0.2, 0) is 0 Å². The third kappa shape index (κ3) is 47.9. The van der Waals surface area contributed by atoms with Crippen molar-refractivity contribution in [3.63, 3.8) is 0 Å². The molecule has 0 saturated heterocycles. The van der Waals surface area contributed by atoms with E-state index in [9.17, 15) is 8.78 Å². The largest absolute Gasteiger partial charge is 1.00 e. The molecule has 0 aliphatic heterocycles. The van der Waals surface area contributed by atoms with Crippen molar-refractivity contribution in [1.29, 1.82) is 0 Å². The van der Waals surface area contributed by atoms with E-state index in [4.69, 9.17) is 16.6 Å². The standard InChI is InChI=1S/C11H17FO.C6H11FO.C5H8.C4H9.Li/c1-3-5-7-9-11(13)10(12)8-6-4-2;1-2-3-4-6(7)5-8;1-3-5-4-2;1-3-4-2;/h8,11,13H,3-6H2,1-2H3;4,8H,2-3,5H2,1H3;1H,4-5H2,2H3;1,3-4H2,2H3;/q;;;-1;+1/b10-8+;6-4+;;;. The number of aliphatic hydroxyl groups excluding tert-OH is 2. The maximum atomic E-state index is 12.9. The van der Waals surface area contributed by atoms with E-state index in [2.05, 4.69) is 38.5 Å². The molecule has 0 spiro atoms. The third-order valence-corrected chi connectivity index (χ3v) is 3.06. The number of allylic oxidation sites excluding steroid dienone is 2. The molecule has 1 atom stereocenters. The molecule has 1 unspecified atom stereocenters. The number of terminal acetylenes is 1. The molecule has 2 nitrogen and oxygen atoms in total. The van der Waals surface area contributed by atoms with Crippen LogP contribution in [0.5, 0.6) is 0 Å². The zero-order valence-corrected chi connectivity index (χ0v) is 20.9. The molecule has 0 aliphatic rings. The summed E-state index contributed by atoms with van der Waals surface area (Å²) in [5.74, 6) is 6.74. The van der Waals surface area contributed by atoms with Crippen molar-refractivity contribution in [2.75, 3.05) is 6.61 Å². The Kier molecular flexibility index (Phi) is 51.3. The second-order valence-corrected chi connectivity index (χ2v) is 6.26. The summed E-state index contributed by atoms with van der Waals surface area (Å²) in [5.41, 5.74) is 0. The van der Waals surface area contributed by atoms with E-state index in [1.54, 1.807) is 0 Å². The van der Waals surface area contributed by atoms with E-state index in [-0.39, 0.29) is 18.9 Å². The minimum absolute atomic E-state index is 0. The molecule has 2 N–H and O–H groups in total. The maximum Gasteiger partial charge on any atom is 1.00 e. The number of aliphatic hydroxyl groups is 2. The molecule has 0 heterocycles. The monoisotopic (exact) mass is 434 g/mol. The van der Waals surface area contributed by atoms with Crippen LogP contribution in [0, 0.1) is 31.1 Å². The SMILES string of the molecule is C#CCCC.CCC/C=C(/F)CO.CCCC#CC(O)/C(F)=C\CCC.[CH2-]CCC.[Li+]. The summed E-state index contributed by atoms with van der Waals surface area (Å²) in [6.07, 6.45) is 15.6. The Morgan fingerprint density at radius 3 is 1.74 bits per heavy atom. The van der Waals surface area contributed by atoms with Crippen LogP contribution in [0.15, 0.2) is 23.8 Å². The van der Waals surface area contributed by atoms with E-state index in [0.29, 0.717) is 19.3 Å². The summed E-state index contributed by atoms with van der Waals surface area (Å²) in [5, 5.41) is 17.3. The van der Waals surface area contributed by atoms with Crippen molar-refractivity contribution < 1.29 is 37.9 Å². The molecule has 0 aromatic carbocycles. The predicted molar refractivity (Wildman–Crippen MR) is 128 cm³/mol. The van der Waals surface area contributed by atoms with Crippen molar-refractivity contribution in [3.8, 4) is 24.2 Å². The molecule has 0 aliphatic carbocycles. The van der Waals surface area contributed by atoms with Crippen LogP contribution in [0.3, 0.4) is 0 Å². The fraction of sp³-hybridized carbons (Fsp3) is 0.654. The third-order valence-electron chi connectivity index (χ3n) is 3.06. The second kappa shape index (κ2) is 39.5. The molecular weight excluding hydrogens is 389 g/mol. The van der Waals surface area contributed by atoms with Gasteiger partial charge in [0.1, 0.15) is 11.7 Å². The number of hydrogen-bond donors (Lipinski definition) is 2. The first-order chi connectivity index (χ1) is 14.4. The van der Waals surface area contributed by atoms with Crippen LogP contribution in [0.1, 0.15) is 98.8 Å². The summed E-state index contributed by atoms with van der Waals surface area (Å²) in [6.45, 7) is 13.2. The molecular formula is C26H45F2LiO2. The Morgan fingerprint density at radius 2 is 1.42 bits per heavy atom. The van der Waals surface area contributed by atoms with Crippen molar-refractivity contribution in [2.24, 2.45) is 0 Å². The van der Waals surface area contributed by atoms with E-state index in [0.717, 1.165) is 38.5 Å². The van der Waals surface area contributed by atoms with Crippen LogP contribution in [0.2, 0.25) is 0 Å². The summed E-state index contributed by atoms with van der Waals surface area (Å²) in [6, 6.07) is 0. The Bertz CT molecular complexity index is 484. The molecule has 0 radical (unpaired) electrons. The average Bonchev–Trinajstić information content (AvgIpc) is 2.77. The summed E-state index contributed by atoms with van der Waals surface area (Å²) >= 11 is 0. The van der Waals surface area contributed by atoms with Crippen LogP contribution in [0.4, 0.5) is 8.78 Å². The molecule has 0 saturated carbocycles. The normalized spacial score (nSPS) is 10.7. The molecule has 0 rings (SSSR count). The Morgan fingerprint density at radius 1 is 0.935 bits per heavy atom. The molecule has 31 heavy (non-hydrogen) atoms. The number of rotatable bonds is 9. The quantitative estimate of drug-likeness (QED) is 0.319. The summed E-state index contributed by atoms with van der Waals surface area (Å²) in [7, 11) is 0. The van der Waals surface area contributed by atoms with Gasteiger partial charge in [-0.2, -0.15) is 6.42 Å². The first kappa shape index (κ1) is 40.3. The Hall–Kier alpha value is -1.02. The fourth-order valence-electron chi connectivity index (χ4n) is 1.27. The van der Waals surface area contributed by atoms with Gasteiger partial charge in [-0.15, -0.1) is 18.3 Å². The van der Waals surface area contributed by atoms with E-state index in [1.807, 2.05) is 20.8 Å². The predicted octanol–water partition coefficient (Wildman–Crippen LogP) is 4.48. The van der Waals surface area contributed by atoms with Crippen LogP contribution >= 0.6 is 0 Å². The molecule has 5 heteroatoms. The molecule has 0 fully saturated rings. The van der Waals surface area contributed by atoms with Crippen molar-refractivity contribution >= 4 is 0 Å². The fourth-order valence-corrected chi connectivity index (χ4v) is 1.27. The van der Waals surface area contributed by atoms with Gasteiger partial charge in [-0.25, -0.2) is 8.78 Å². The number of hydrogen-bond acceptors (Lipinski definition) is 2. The molecule has 0 bridgehead atoms. The molecule has 0 aromatic rings. The van der Waals surface area contributed by atoms with Gasteiger partial charge < -0.3 is 17.1 Å². The van der Waals surface area contributed by atoms with E-state index in [1.165, 1.54) is 18.6 Å². The van der Waals surface area contributed by atoms with Crippen molar-refractivity contribution in [3.05, 3.63) is 30.7 Å². The van der Waals surface area contributed by atoms with Gasteiger partial charge in [0.2, 0.25) is 0 Å². The van der Waals surface area contributed by atoms with Crippen LogP contribution in [0.25, 0.3) is 0 Å². The van der Waals surface area contributed by atoms with Crippen molar-refractivity contribution in [2.45, 2.75) is 105 Å². The van der Waals surface area contributed by atoms with Gasteiger partial charge >= 0.3 is 18.9 Å². The Labute approximate surface area is 204 Å². The summed E-state index contributed by atoms with van der Waals surface area (Å²) < 4.78 is 24.8. The zero-order chi connectivity index (χ0) is 24.0. The maximum absolute atomic E-state index is 12.9. The molecule has 0 amide bonds. The smallest absolute Gasteiger partial charge is 0.389 e. The first-order valence-corrected chi connectivity index (χ1v) is 11.1. The average molecular weight is 435 g/mol. The van der Waals surface area contributed by atoms with Gasteiger partial charge in [0.15, 0.2) is 6.10 Å². The van der Waals surface area contributed by atoms with E-state index < -0.39 is 24.4 Å².